The number of hydrogen-bond acceptors (Lipinski definition) is 3. The van der Waals surface area contributed by atoms with E-state index in [1.165, 1.54) is 36.0 Å². The van der Waals surface area contributed by atoms with Crippen molar-refractivity contribution in [2.75, 3.05) is 11.9 Å². The summed E-state index contributed by atoms with van der Waals surface area (Å²) in [5.41, 5.74) is 5.10. The number of fused-ring (bicyclic) bond motifs is 1. The highest BCUT2D eigenvalue weighted by atomic mass is 15.0. The highest BCUT2D eigenvalue weighted by molar-refractivity contribution is 5.61. The van der Waals surface area contributed by atoms with Crippen molar-refractivity contribution in [3.05, 3.63) is 41.7 Å². The summed E-state index contributed by atoms with van der Waals surface area (Å²) in [4.78, 5) is 8.83. The SMILES string of the molecule is CCNc1cnc(-c2ccc3c(c2)CCC3)cn1. The van der Waals surface area contributed by atoms with Gasteiger partial charge in [0.1, 0.15) is 5.82 Å². The average molecular weight is 239 g/mol. The van der Waals surface area contributed by atoms with Gasteiger partial charge in [0, 0.05) is 12.1 Å². The smallest absolute Gasteiger partial charge is 0.144 e. The van der Waals surface area contributed by atoms with Crippen molar-refractivity contribution < 1.29 is 0 Å². The molecule has 0 radical (unpaired) electrons. The van der Waals surface area contributed by atoms with E-state index in [1.807, 2.05) is 6.20 Å². The number of anilines is 1. The third-order valence-corrected chi connectivity index (χ3v) is 3.40. The van der Waals surface area contributed by atoms with Gasteiger partial charge in [0.05, 0.1) is 18.1 Å². The second-order valence-electron chi connectivity index (χ2n) is 4.65. The first-order valence-electron chi connectivity index (χ1n) is 6.55. The molecule has 2 aromatic rings. The van der Waals surface area contributed by atoms with Crippen LogP contribution in [0.3, 0.4) is 0 Å². The first kappa shape index (κ1) is 11.2. The quantitative estimate of drug-likeness (QED) is 0.894. The van der Waals surface area contributed by atoms with Crippen molar-refractivity contribution in [1.29, 1.82) is 0 Å². The predicted molar refractivity (Wildman–Crippen MR) is 73.7 cm³/mol. The van der Waals surface area contributed by atoms with Gasteiger partial charge in [0.2, 0.25) is 0 Å². The number of aromatic nitrogens is 2. The minimum absolute atomic E-state index is 0.836. The van der Waals surface area contributed by atoms with Crippen molar-refractivity contribution in [3.8, 4) is 11.3 Å². The Labute approximate surface area is 107 Å². The summed E-state index contributed by atoms with van der Waals surface area (Å²) in [6, 6.07) is 6.65. The van der Waals surface area contributed by atoms with Crippen LogP contribution >= 0.6 is 0 Å². The molecule has 1 N–H and O–H groups in total. The van der Waals surface area contributed by atoms with Crippen LogP contribution in [0, 0.1) is 0 Å². The van der Waals surface area contributed by atoms with Gasteiger partial charge in [-0.15, -0.1) is 0 Å². The topological polar surface area (TPSA) is 37.8 Å². The Morgan fingerprint density at radius 2 is 2.00 bits per heavy atom. The molecule has 3 heteroatoms. The van der Waals surface area contributed by atoms with Crippen molar-refractivity contribution >= 4 is 5.82 Å². The van der Waals surface area contributed by atoms with Crippen LogP contribution in [0.1, 0.15) is 24.5 Å². The Hall–Kier alpha value is -1.90. The number of hydrogen-bond donors (Lipinski definition) is 1. The lowest BCUT2D eigenvalue weighted by Gasteiger charge is -2.06. The number of rotatable bonds is 3. The Morgan fingerprint density at radius 3 is 2.78 bits per heavy atom. The first-order chi connectivity index (χ1) is 8.86. The maximum absolute atomic E-state index is 4.47. The minimum Gasteiger partial charge on any atom is -0.369 e. The molecule has 3 nitrogen and oxygen atoms in total. The van der Waals surface area contributed by atoms with E-state index in [0.29, 0.717) is 0 Å². The largest absolute Gasteiger partial charge is 0.369 e. The van der Waals surface area contributed by atoms with Gasteiger partial charge in [0.25, 0.3) is 0 Å². The normalized spacial score (nSPS) is 13.4. The molecule has 0 spiro atoms. The molecule has 0 unspecified atom stereocenters. The molecule has 1 aromatic carbocycles. The second kappa shape index (κ2) is 4.77. The Kier molecular flexibility index (Phi) is 2.97. The zero-order valence-electron chi connectivity index (χ0n) is 10.6. The molecule has 0 saturated carbocycles. The van der Waals surface area contributed by atoms with Crippen LogP contribution in [0.25, 0.3) is 11.3 Å². The third kappa shape index (κ3) is 2.08. The van der Waals surface area contributed by atoms with Crippen molar-refractivity contribution in [2.24, 2.45) is 0 Å². The van der Waals surface area contributed by atoms with E-state index in [1.54, 1.807) is 6.20 Å². The maximum Gasteiger partial charge on any atom is 0.144 e. The zero-order chi connectivity index (χ0) is 12.4. The highest BCUT2D eigenvalue weighted by Crippen LogP contribution is 2.26. The van der Waals surface area contributed by atoms with Crippen LogP contribution in [0.4, 0.5) is 5.82 Å². The molecule has 0 atom stereocenters. The fourth-order valence-electron chi connectivity index (χ4n) is 2.48. The molecule has 0 saturated heterocycles. The van der Waals surface area contributed by atoms with Crippen LogP contribution in [-0.2, 0) is 12.8 Å². The van der Waals surface area contributed by atoms with Gasteiger partial charge in [-0.05, 0) is 43.4 Å². The average Bonchev–Trinajstić information content (AvgIpc) is 2.87. The van der Waals surface area contributed by atoms with E-state index < -0.39 is 0 Å². The van der Waals surface area contributed by atoms with E-state index in [-0.39, 0.29) is 0 Å². The van der Waals surface area contributed by atoms with Gasteiger partial charge in [-0.2, -0.15) is 0 Å². The zero-order valence-corrected chi connectivity index (χ0v) is 10.6. The first-order valence-corrected chi connectivity index (χ1v) is 6.55. The van der Waals surface area contributed by atoms with Gasteiger partial charge in [0.15, 0.2) is 0 Å². The molecule has 92 valence electrons. The standard InChI is InChI=1S/C15H17N3/c1-2-16-15-10-17-14(9-18-15)13-7-6-11-4-3-5-12(11)8-13/h6-10H,2-5H2,1H3,(H,16,18). The lowest BCUT2D eigenvalue weighted by molar-refractivity contribution is 0.912. The number of nitrogens with zero attached hydrogens (tertiary/aromatic N) is 2. The van der Waals surface area contributed by atoms with Crippen molar-refractivity contribution in [1.82, 2.24) is 9.97 Å². The van der Waals surface area contributed by atoms with E-state index in [2.05, 4.69) is 40.4 Å². The van der Waals surface area contributed by atoms with E-state index >= 15 is 0 Å². The molecule has 1 heterocycles. The summed E-state index contributed by atoms with van der Waals surface area (Å²) in [7, 11) is 0. The summed E-state index contributed by atoms with van der Waals surface area (Å²) < 4.78 is 0. The van der Waals surface area contributed by atoms with Crippen molar-refractivity contribution in [2.45, 2.75) is 26.2 Å². The summed E-state index contributed by atoms with van der Waals surface area (Å²) in [5.74, 6) is 0.836. The fraction of sp³-hybridized carbons (Fsp3) is 0.333. The Balaban J connectivity index is 1.90. The molecule has 1 aliphatic carbocycles. The summed E-state index contributed by atoms with van der Waals surface area (Å²) in [6.45, 7) is 2.92. The number of benzene rings is 1. The monoisotopic (exact) mass is 239 g/mol. The van der Waals surface area contributed by atoms with Gasteiger partial charge in [-0.25, -0.2) is 4.98 Å². The van der Waals surface area contributed by atoms with Gasteiger partial charge >= 0.3 is 0 Å². The lowest BCUT2D eigenvalue weighted by Crippen LogP contribution is -1.99. The summed E-state index contributed by atoms with van der Waals surface area (Å²) in [6.07, 6.45) is 7.34. The van der Waals surface area contributed by atoms with Gasteiger partial charge in [-0.1, -0.05) is 12.1 Å². The van der Waals surface area contributed by atoms with Gasteiger partial charge < -0.3 is 5.32 Å². The van der Waals surface area contributed by atoms with E-state index in [9.17, 15) is 0 Å². The van der Waals surface area contributed by atoms with E-state index in [0.717, 1.165) is 18.1 Å². The molecule has 1 aromatic heterocycles. The third-order valence-electron chi connectivity index (χ3n) is 3.40. The van der Waals surface area contributed by atoms with Crippen LogP contribution < -0.4 is 5.32 Å². The van der Waals surface area contributed by atoms with Crippen LogP contribution in [0.5, 0.6) is 0 Å². The molecule has 3 rings (SSSR count). The van der Waals surface area contributed by atoms with Crippen molar-refractivity contribution in [3.63, 3.8) is 0 Å². The molecular weight excluding hydrogens is 222 g/mol. The summed E-state index contributed by atoms with van der Waals surface area (Å²) >= 11 is 0. The van der Waals surface area contributed by atoms with E-state index in [4.69, 9.17) is 0 Å². The van der Waals surface area contributed by atoms with Crippen LogP contribution in [0.2, 0.25) is 0 Å². The Morgan fingerprint density at radius 1 is 1.11 bits per heavy atom. The number of nitrogens with one attached hydrogen (secondary N) is 1. The highest BCUT2D eigenvalue weighted by Gasteiger charge is 2.11. The molecule has 0 aliphatic heterocycles. The second-order valence-corrected chi connectivity index (χ2v) is 4.65. The molecule has 0 bridgehead atoms. The fourth-order valence-corrected chi connectivity index (χ4v) is 2.48. The van der Waals surface area contributed by atoms with Crippen LogP contribution in [0.15, 0.2) is 30.6 Å². The predicted octanol–water partition coefficient (Wildman–Crippen LogP) is 3.06. The lowest BCUT2D eigenvalue weighted by atomic mass is 10.0. The molecule has 0 amide bonds. The molecule has 18 heavy (non-hydrogen) atoms. The molecule has 1 aliphatic rings. The maximum atomic E-state index is 4.47. The molecular formula is C15H17N3. The Bertz CT molecular complexity index is 546. The van der Waals surface area contributed by atoms with Crippen LogP contribution in [-0.4, -0.2) is 16.5 Å². The molecule has 0 fully saturated rings. The van der Waals surface area contributed by atoms with Gasteiger partial charge in [-0.3, -0.25) is 4.98 Å². The summed E-state index contributed by atoms with van der Waals surface area (Å²) in [5, 5.41) is 3.15. The minimum atomic E-state index is 0.836. The number of aryl methyl sites for hydroxylation is 2.